The lowest BCUT2D eigenvalue weighted by Crippen LogP contribution is -2.10. The van der Waals surface area contributed by atoms with E-state index in [0.29, 0.717) is 6.61 Å². The van der Waals surface area contributed by atoms with E-state index in [1.165, 1.54) is 19.3 Å². The zero-order chi connectivity index (χ0) is 10.6. The van der Waals surface area contributed by atoms with Crippen LogP contribution in [-0.2, 0) is 0 Å². The van der Waals surface area contributed by atoms with E-state index in [1.54, 1.807) is 0 Å². The molecule has 0 fully saturated rings. The molecule has 0 rings (SSSR count). The molecule has 14 heavy (non-hydrogen) atoms. The molecule has 0 aromatic rings. The van der Waals surface area contributed by atoms with Crippen molar-refractivity contribution in [1.29, 1.82) is 0 Å². The number of aliphatic hydroxyl groups is 3. The van der Waals surface area contributed by atoms with Crippen molar-refractivity contribution >= 4 is 0 Å². The summed E-state index contributed by atoms with van der Waals surface area (Å²) >= 11 is 0. The molecule has 0 aliphatic heterocycles. The molecule has 86 valence electrons. The molecule has 0 aromatic heterocycles. The van der Waals surface area contributed by atoms with Gasteiger partial charge in [0, 0.05) is 25.7 Å². The van der Waals surface area contributed by atoms with Crippen LogP contribution in [0.1, 0.15) is 44.9 Å². The normalized spacial score (nSPS) is 11.1. The van der Waals surface area contributed by atoms with Crippen molar-refractivity contribution in [2.24, 2.45) is 5.92 Å². The first kappa shape index (κ1) is 13.9. The highest BCUT2D eigenvalue weighted by atomic mass is 16.3. The predicted molar refractivity (Wildman–Crippen MR) is 57.1 cm³/mol. The largest absolute Gasteiger partial charge is 0.396 e. The highest BCUT2D eigenvalue weighted by Gasteiger charge is 2.04. The third-order valence-corrected chi connectivity index (χ3v) is 2.54. The van der Waals surface area contributed by atoms with E-state index in [2.05, 4.69) is 0 Å². The fourth-order valence-corrected chi connectivity index (χ4v) is 1.49. The van der Waals surface area contributed by atoms with Crippen LogP contribution in [0.2, 0.25) is 0 Å². The Morgan fingerprint density at radius 3 is 1.64 bits per heavy atom. The summed E-state index contributed by atoms with van der Waals surface area (Å²) in [5.74, 6) is 0.0763. The monoisotopic (exact) mass is 204 g/mol. The van der Waals surface area contributed by atoms with Crippen LogP contribution in [0, 0.1) is 5.92 Å². The van der Waals surface area contributed by atoms with Crippen LogP contribution in [0.3, 0.4) is 0 Å². The minimum absolute atomic E-state index is 0.0763. The van der Waals surface area contributed by atoms with E-state index in [4.69, 9.17) is 15.3 Å². The quantitative estimate of drug-likeness (QED) is 0.470. The lowest BCUT2D eigenvalue weighted by molar-refractivity contribution is 0.141. The van der Waals surface area contributed by atoms with Gasteiger partial charge in [-0.15, -0.1) is 0 Å². The van der Waals surface area contributed by atoms with Crippen molar-refractivity contribution in [3.8, 4) is 0 Å². The second-order valence-electron chi connectivity index (χ2n) is 3.86. The predicted octanol–water partition coefficient (Wildman–Crippen LogP) is 1.31. The van der Waals surface area contributed by atoms with Gasteiger partial charge in [-0.25, -0.2) is 0 Å². The summed E-state index contributed by atoms with van der Waals surface area (Å²) < 4.78 is 0. The van der Waals surface area contributed by atoms with Gasteiger partial charge in [0.15, 0.2) is 0 Å². The minimum Gasteiger partial charge on any atom is -0.396 e. The summed E-state index contributed by atoms with van der Waals surface area (Å²) in [6.45, 7) is 0.499. The molecule has 0 spiro atoms. The average molecular weight is 204 g/mol. The van der Waals surface area contributed by atoms with Crippen molar-refractivity contribution in [1.82, 2.24) is 0 Å². The Labute approximate surface area is 86.8 Å². The Bertz CT molecular complexity index is 103. The van der Waals surface area contributed by atoms with Gasteiger partial charge in [0.25, 0.3) is 0 Å². The first-order valence-corrected chi connectivity index (χ1v) is 5.67. The summed E-state index contributed by atoms with van der Waals surface area (Å²) in [5.41, 5.74) is 0. The molecule has 3 heteroatoms. The van der Waals surface area contributed by atoms with Crippen molar-refractivity contribution in [3.63, 3.8) is 0 Å². The second kappa shape index (κ2) is 11.0. The van der Waals surface area contributed by atoms with Gasteiger partial charge in [0.05, 0.1) is 0 Å². The Morgan fingerprint density at radius 1 is 0.643 bits per heavy atom. The summed E-state index contributed by atoms with van der Waals surface area (Å²) in [6.07, 6.45) is 7.59. The Balaban J connectivity index is 3.04. The molecule has 0 aromatic carbocycles. The molecule has 0 saturated heterocycles. The molecule has 0 aliphatic rings. The Morgan fingerprint density at radius 2 is 1.14 bits per heavy atom. The lowest BCUT2D eigenvalue weighted by Gasteiger charge is -2.09. The fraction of sp³-hybridized carbons (Fsp3) is 1.00. The van der Waals surface area contributed by atoms with Gasteiger partial charge in [0.2, 0.25) is 0 Å². The van der Waals surface area contributed by atoms with Crippen molar-refractivity contribution in [3.05, 3.63) is 0 Å². The van der Waals surface area contributed by atoms with Gasteiger partial charge in [-0.1, -0.05) is 32.1 Å². The van der Waals surface area contributed by atoms with Gasteiger partial charge < -0.3 is 15.3 Å². The zero-order valence-corrected chi connectivity index (χ0v) is 8.99. The molecule has 0 saturated carbocycles. The van der Waals surface area contributed by atoms with Crippen LogP contribution < -0.4 is 0 Å². The molecule has 0 heterocycles. The molecule has 0 bridgehead atoms. The second-order valence-corrected chi connectivity index (χ2v) is 3.86. The van der Waals surface area contributed by atoms with Crippen LogP contribution in [0.25, 0.3) is 0 Å². The van der Waals surface area contributed by atoms with Crippen LogP contribution in [0.4, 0.5) is 0 Å². The van der Waals surface area contributed by atoms with Gasteiger partial charge in [-0.3, -0.25) is 0 Å². The van der Waals surface area contributed by atoms with Crippen LogP contribution in [0.5, 0.6) is 0 Å². The molecular formula is C11H24O3. The SMILES string of the molecule is OCCCCCCCCC(CO)CO. The van der Waals surface area contributed by atoms with Gasteiger partial charge in [-0.2, -0.15) is 0 Å². The molecule has 3 N–H and O–H groups in total. The minimum atomic E-state index is 0.0763. The van der Waals surface area contributed by atoms with E-state index in [0.717, 1.165) is 25.7 Å². The topological polar surface area (TPSA) is 60.7 Å². The van der Waals surface area contributed by atoms with E-state index in [9.17, 15) is 0 Å². The Kier molecular flexibility index (Phi) is 10.9. The average Bonchev–Trinajstić information content (AvgIpc) is 2.22. The van der Waals surface area contributed by atoms with Crippen molar-refractivity contribution < 1.29 is 15.3 Å². The van der Waals surface area contributed by atoms with Crippen LogP contribution >= 0.6 is 0 Å². The molecule has 0 amide bonds. The van der Waals surface area contributed by atoms with Gasteiger partial charge in [0.1, 0.15) is 0 Å². The maximum absolute atomic E-state index is 8.81. The molecular weight excluding hydrogens is 180 g/mol. The molecule has 0 atom stereocenters. The number of hydrogen-bond acceptors (Lipinski definition) is 3. The van der Waals surface area contributed by atoms with Crippen molar-refractivity contribution in [2.75, 3.05) is 19.8 Å². The Hall–Kier alpha value is -0.120. The van der Waals surface area contributed by atoms with Crippen LogP contribution in [0.15, 0.2) is 0 Å². The third-order valence-electron chi connectivity index (χ3n) is 2.54. The van der Waals surface area contributed by atoms with E-state index < -0.39 is 0 Å². The fourth-order valence-electron chi connectivity index (χ4n) is 1.49. The summed E-state index contributed by atoms with van der Waals surface area (Å²) in [7, 11) is 0. The first-order valence-electron chi connectivity index (χ1n) is 5.67. The van der Waals surface area contributed by atoms with E-state index in [1.807, 2.05) is 0 Å². The zero-order valence-electron chi connectivity index (χ0n) is 8.99. The summed E-state index contributed by atoms with van der Waals surface area (Å²) in [6, 6.07) is 0. The number of aliphatic hydroxyl groups excluding tert-OH is 3. The smallest absolute Gasteiger partial charge is 0.0481 e. The maximum Gasteiger partial charge on any atom is 0.0481 e. The maximum atomic E-state index is 8.81. The first-order chi connectivity index (χ1) is 6.85. The van der Waals surface area contributed by atoms with Gasteiger partial charge in [-0.05, 0) is 12.8 Å². The number of rotatable bonds is 10. The van der Waals surface area contributed by atoms with Crippen molar-refractivity contribution in [2.45, 2.75) is 44.9 Å². The molecule has 3 nitrogen and oxygen atoms in total. The standard InChI is InChI=1S/C11H24O3/c12-8-6-4-2-1-3-5-7-11(9-13)10-14/h11-14H,1-10H2. The van der Waals surface area contributed by atoms with Crippen LogP contribution in [-0.4, -0.2) is 35.1 Å². The third kappa shape index (κ3) is 8.48. The molecule has 0 radical (unpaired) electrons. The van der Waals surface area contributed by atoms with E-state index >= 15 is 0 Å². The van der Waals surface area contributed by atoms with E-state index in [-0.39, 0.29) is 19.1 Å². The van der Waals surface area contributed by atoms with Gasteiger partial charge >= 0.3 is 0 Å². The highest BCUT2D eigenvalue weighted by Crippen LogP contribution is 2.11. The lowest BCUT2D eigenvalue weighted by atomic mass is 10.0. The number of unbranched alkanes of at least 4 members (excludes halogenated alkanes) is 5. The number of hydrogen-bond donors (Lipinski definition) is 3. The highest BCUT2D eigenvalue weighted by molar-refractivity contribution is 4.55. The summed E-state index contributed by atoms with van der Waals surface area (Å²) in [5, 5.41) is 26.2. The molecule has 0 unspecified atom stereocenters. The summed E-state index contributed by atoms with van der Waals surface area (Å²) in [4.78, 5) is 0. The molecule has 0 aliphatic carbocycles.